The highest BCUT2D eigenvalue weighted by molar-refractivity contribution is 5.82. The summed E-state index contributed by atoms with van der Waals surface area (Å²) in [4.78, 5) is 17.1. The number of hydrogen-bond acceptors (Lipinski definition) is 5. The number of aromatic nitrogens is 1. The number of nitrogens with two attached hydrogens (primary N) is 1. The molecule has 2 heterocycles. The molecule has 0 unspecified atom stereocenters. The lowest BCUT2D eigenvalue weighted by Gasteiger charge is -2.31. The van der Waals surface area contributed by atoms with E-state index in [0.29, 0.717) is 0 Å². The van der Waals surface area contributed by atoms with Gasteiger partial charge in [-0.1, -0.05) is 0 Å². The van der Waals surface area contributed by atoms with E-state index >= 15 is 0 Å². The predicted octanol–water partition coefficient (Wildman–Crippen LogP) is 2.07. The van der Waals surface area contributed by atoms with Gasteiger partial charge in [-0.05, 0) is 31.0 Å². The molecule has 0 saturated carbocycles. The number of anilines is 1. The Balaban J connectivity index is 1.94. The Hall–Kier alpha value is -2.21. The number of hydrogen-bond donors (Lipinski definition) is 1. The number of piperidine rings is 1. The molecule has 0 spiro atoms. The molecule has 1 aromatic carbocycles. The molecule has 6 nitrogen and oxygen atoms in total. The molecular weight excluding hydrogens is 256 g/mol. The minimum atomic E-state index is -0.392. The molecule has 1 aliphatic rings. The van der Waals surface area contributed by atoms with Crippen LogP contribution in [0.2, 0.25) is 0 Å². The zero-order valence-corrected chi connectivity index (χ0v) is 11.0. The van der Waals surface area contributed by atoms with Gasteiger partial charge in [0.25, 0.3) is 5.69 Å². The van der Waals surface area contributed by atoms with Crippen LogP contribution in [0.3, 0.4) is 0 Å². The second-order valence-electron chi connectivity index (χ2n) is 5.15. The van der Waals surface area contributed by atoms with Crippen LogP contribution in [0, 0.1) is 10.1 Å². The number of rotatable bonds is 2. The van der Waals surface area contributed by atoms with Crippen LogP contribution in [0.4, 0.5) is 11.5 Å². The van der Waals surface area contributed by atoms with E-state index < -0.39 is 4.92 Å². The van der Waals surface area contributed by atoms with Crippen LogP contribution in [0.25, 0.3) is 10.9 Å². The van der Waals surface area contributed by atoms with Crippen LogP contribution in [-0.4, -0.2) is 29.0 Å². The number of benzene rings is 1. The molecule has 1 aliphatic heterocycles. The maximum Gasteiger partial charge on any atom is 0.270 e. The average molecular weight is 272 g/mol. The topological polar surface area (TPSA) is 85.3 Å². The van der Waals surface area contributed by atoms with Crippen molar-refractivity contribution in [2.75, 3.05) is 18.0 Å². The van der Waals surface area contributed by atoms with E-state index in [4.69, 9.17) is 5.73 Å². The fraction of sp³-hybridized carbons (Fsp3) is 0.357. The van der Waals surface area contributed by atoms with Gasteiger partial charge in [0.05, 0.1) is 10.4 Å². The first-order chi connectivity index (χ1) is 9.63. The van der Waals surface area contributed by atoms with Crippen molar-refractivity contribution in [2.45, 2.75) is 18.9 Å². The fourth-order valence-corrected chi connectivity index (χ4v) is 2.61. The summed E-state index contributed by atoms with van der Waals surface area (Å²) in [6.07, 6.45) is 2.12. The molecule has 3 rings (SSSR count). The Bertz CT molecular complexity index is 659. The summed E-state index contributed by atoms with van der Waals surface area (Å²) in [6.45, 7) is 1.77. The maximum atomic E-state index is 10.8. The minimum Gasteiger partial charge on any atom is -0.355 e. The van der Waals surface area contributed by atoms with Gasteiger partial charge < -0.3 is 10.6 Å². The Labute approximate surface area is 116 Å². The Morgan fingerprint density at radius 1 is 1.35 bits per heavy atom. The van der Waals surface area contributed by atoms with Crippen LogP contribution in [0.15, 0.2) is 30.3 Å². The highest BCUT2D eigenvalue weighted by Gasteiger charge is 2.18. The van der Waals surface area contributed by atoms with Crippen molar-refractivity contribution in [1.29, 1.82) is 0 Å². The zero-order chi connectivity index (χ0) is 14.1. The van der Waals surface area contributed by atoms with Gasteiger partial charge in [-0.25, -0.2) is 4.98 Å². The van der Waals surface area contributed by atoms with Crippen molar-refractivity contribution >= 4 is 22.4 Å². The summed E-state index contributed by atoms with van der Waals surface area (Å²) in [7, 11) is 0. The van der Waals surface area contributed by atoms with Crippen LogP contribution in [-0.2, 0) is 0 Å². The van der Waals surface area contributed by atoms with E-state index in [-0.39, 0.29) is 11.7 Å². The summed E-state index contributed by atoms with van der Waals surface area (Å²) in [5, 5.41) is 11.5. The van der Waals surface area contributed by atoms with E-state index in [2.05, 4.69) is 9.88 Å². The van der Waals surface area contributed by atoms with Gasteiger partial charge >= 0.3 is 0 Å². The van der Waals surface area contributed by atoms with Crippen molar-refractivity contribution in [3.8, 4) is 0 Å². The molecular formula is C14H16N4O2. The van der Waals surface area contributed by atoms with Crippen LogP contribution in [0.5, 0.6) is 0 Å². The summed E-state index contributed by atoms with van der Waals surface area (Å²) in [6, 6.07) is 8.71. The number of nitrogens with zero attached hydrogens (tertiary/aromatic N) is 3. The molecule has 104 valence electrons. The largest absolute Gasteiger partial charge is 0.355 e. The van der Waals surface area contributed by atoms with Crippen molar-refractivity contribution in [1.82, 2.24) is 4.98 Å². The van der Waals surface area contributed by atoms with Gasteiger partial charge in [-0.2, -0.15) is 0 Å². The lowest BCUT2D eigenvalue weighted by Crippen LogP contribution is -2.43. The Morgan fingerprint density at radius 3 is 2.95 bits per heavy atom. The van der Waals surface area contributed by atoms with Crippen molar-refractivity contribution in [2.24, 2.45) is 5.73 Å². The smallest absolute Gasteiger partial charge is 0.270 e. The number of nitro groups is 1. The standard InChI is InChI=1S/C14H16N4O2/c15-11-2-1-7-17(9-11)14-6-3-10-8-12(18(19)20)4-5-13(10)16-14/h3-6,8,11H,1-2,7,9,15H2/t11-/m1/s1. The third-order valence-corrected chi connectivity index (χ3v) is 3.65. The van der Waals surface area contributed by atoms with E-state index in [9.17, 15) is 10.1 Å². The van der Waals surface area contributed by atoms with Crippen LogP contribution >= 0.6 is 0 Å². The first-order valence-corrected chi connectivity index (χ1v) is 6.69. The Kier molecular flexibility index (Phi) is 3.23. The van der Waals surface area contributed by atoms with E-state index in [1.165, 1.54) is 6.07 Å². The molecule has 20 heavy (non-hydrogen) atoms. The molecule has 0 aliphatic carbocycles. The lowest BCUT2D eigenvalue weighted by molar-refractivity contribution is -0.384. The van der Waals surface area contributed by atoms with Crippen molar-refractivity contribution in [3.05, 3.63) is 40.4 Å². The lowest BCUT2D eigenvalue weighted by atomic mass is 10.1. The van der Waals surface area contributed by atoms with Gasteiger partial charge in [0.1, 0.15) is 5.82 Å². The molecule has 2 N–H and O–H groups in total. The second kappa shape index (κ2) is 5.05. The normalized spacial score (nSPS) is 19.2. The molecule has 0 radical (unpaired) electrons. The van der Waals surface area contributed by atoms with Crippen LogP contribution in [0.1, 0.15) is 12.8 Å². The third kappa shape index (κ3) is 2.42. The number of non-ortho nitro benzene ring substituents is 1. The van der Waals surface area contributed by atoms with E-state index in [1.807, 2.05) is 12.1 Å². The average Bonchev–Trinajstić information content (AvgIpc) is 2.46. The predicted molar refractivity (Wildman–Crippen MR) is 77.8 cm³/mol. The zero-order valence-electron chi connectivity index (χ0n) is 11.0. The van der Waals surface area contributed by atoms with Gasteiger partial charge in [0.2, 0.25) is 0 Å². The molecule has 0 amide bonds. The summed E-state index contributed by atoms with van der Waals surface area (Å²) in [5.41, 5.74) is 6.84. The number of fused-ring (bicyclic) bond motifs is 1. The molecule has 1 fully saturated rings. The fourth-order valence-electron chi connectivity index (χ4n) is 2.61. The second-order valence-corrected chi connectivity index (χ2v) is 5.15. The molecule has 0 bridgehead atoms. The highest BCUT2D eigenvalue weighted by Crippen LogP contribution is 2.24. The first-order valence-electron chi connectivity index (χ1n) is 6.69. The van der Waals surface area contributed by atoms with Gasteiger partial charge in [0.15, 0.2) is 0 Å². The summed E-state index contributed by atoms with van der Waals surface area (Å²) < 4.78 is 0. The quantitative estimate of drug-likeness (QED) is 0.668. The molecule has 1 atom stereocenters. The number of nitro benzene ring substituents is 1. The monoisotopic (exact) mass is 272 g/mol. The minimum absolute atomic E-state index is 0.0899. The van der Waals surface area contributed by atoms with E-state index in [1.54, 1.807) is 12.1 Å². The van der Waals surface area contributed by atoms with Crippen molar-refractivity contribution in [3.63, 3.8) is 0 Å². The van der Waals surface area contributed by atoms with Crippen molar-refractivity contribution < 1.29 is 4.92 Å². The Morgan fingerprint density at radius 2 is 2.20 bits per heavy atom. The van der Waals surface area contributed by atoms with Gasteiger partial charge in [-0.15, -0.1) is 0 Å². The molecule has 2 aromatic rings. The van der Waals surface area contributed by atoms with Gasteiger partial charge in [-0.3, -0.25) is 10.1 Å². The number of pyridine rings is 1. The molecule has 1 aromatic heterocycles. The summed E-state index contributed by atoms with van der Waals surface area (Å²) >= 11 is 0. The van der Waals surface area contributed by atoms with E-state index in [0.717, 1.165) is 42.7 Å². The third-order valence-electron chi connectivity index (χ3n) is 3.65. The SMILES string of the molecule is N[C@@H]1CCCN(c2ccc3cc([N+](=O)[O-])ccc3n2)C1. The summed E-state index contributed by atoms with van der Waals surface area (Å²) in [5.74, 6) is 0.890. The van der Waals surface area contributed by atoms with Crippen LogP contribution < -0.4 is 10.6 Å². The first kappa shape index (κ1) is 12.8. The molecule has 6 heteroatoms. The maximum absolute atomic E-state index is 10.8. The highest BCUT2D eigenvalue weighted by atomic mass is 16.6. The van der Waals surface area contributed by atoms with Gasteiger partial charge in [0, 0.05) is 36.7 Å². The molecule has 1 saturated heterocycles.